The molecule has 33 heavy (non-hydrogen) atoms. The zero-order valence-corrected chi connectivity index (χ0v) is 18.6. The maximum atomic E-state index is 6.52. The van der Waals surface area contributed by atoms with Crippen molar-refractivity contribution >= 4 is 0 Å². The topological polar surface area (TPSA) is 55.7 Å². The minimum Gasteiger partial charge on any atom is -0.369 e. The van der Waals surface area contributed by atoms with Crippen LogP contribution in [-0.2, 0) is 34.0 Å². The van der Waals surface area contributed by atoms with Crippen LogP contribution in [0, 0.1) is 0 Å². The molecule has 170 valence electrons. The summed E-state index contributed by atoms with van der Waals surface area (Å²) >= 11 is 0. The molecule has 1 fully saturated rings. The van der Waals surface area contributed by atoms with E-state index in [4.69, 9.17) is 14.2 Å². The molecule has 5 rings (SSSR count). The van der Waals surface area contributed by atoms with Crippen LogP contribution in [0.4, 0.5) is 0 Å². The largest absolute Gasteiger partial charge is 0.369 e. The molecule has 0 N–H and O–H groups in total. The molecule has 1 saturated heterocycles. The Morgan fingerprint density at radius 2 is 1.12 bits per heavy atom. The van der Waals surface area contributed by atoms with Gasteiger partial charge in [-0.3, -0.25) is 5.01 Å². The van der Waals surface area contributed by atoms with Crippen molar-refractivity contribution in [3.63, 3.8) is 0 Å². The predicted molar refractivity (Wildman–Crippen MR) is 125 cm³/mol. The average molecular weight is 444 g/mol. The molecular weight excluding hydrogens is 414 g/mol. The Kier molecular flexibility index (Phi) is 7.06. The number of rotatable bonds is 9. The Morgan fingerprint density at radius 1 is 0.636 bits per heavy atom. The van der Waals surface area contributed by atoms with Gasteiger partial charge in [0.25, 0.3) is 0 Å². The molecule has 2 heterocycles. The number of nitrogens with zero attached hydrogens (tertiary/aromatic N) is 3. The molecule has 4 atom stereocenters. The van der Waals surface area contributed by atoms with E-state index in [0.717, 1.165) is 16.7 Å². The maximum absolute atomic E-state index is 6.52. The van der Waals surface area contributed by atoms with E-state index in [1.54, 1.807) is 0 Å². The van der Waals surface area contributed by atoms with E-state index >= 15 is 0 Å². The van der Waals surface area contributed by atoms with Gasteiger partial charge in [-0.1, -0.05) is 96.2 Å². The van der Waals surface area contributed by atoms with Crippen molar-refractivity contribution in [1.82, 2.24) is 5.01 Å². The minimum absolute atomic E-state index is 0.0473. The van der Waals surface area contributed by atoms with Gasteiger partial charge in [-0.2, -0.15) is 5.11 Å². The molecule has 0 radical (unpaired) electrons. The van der Waals surface area contributed by atoms with Gasteiger partial charge in [0, 0.05) is 0 Å². The van der Waals surface area contributed by atoms with E-state index in [9.17, 15) is 0 Å². The summed E-state index contributed by atoms with van der Waals surface area (Å²) in [5, 5.41) is 10.7. The van der Waals surface area contributed by atoms with Crippen molar-refractivity contribution < 1.29 is 14.2 Å². The summed E-state index contributed by atoms with van der Waals surface area (Å²) in [6.07, 6.45) is -0.635. The molecule has 6 heteroatoms. The number of ether oxygens (including phenoxy) is 3. The van der Waals surface area contributed by atoms with Crippen molar-refractivity contribution in [3.05, 3.63) is 108 Å². The van der Waals surface area contributed by atoms with E-state index in [1.807, 2.05) is 59.6 Å². The van der Waals surface area contributed by atoms with Crippen molar-refractivity contribution in [2.75, 3.05) is 13.1 Å². The van der Waals surface area contributed by atoms with Gasteiger partial charge in [0.05, 0.1) is 39.0 Å². The van der Waals surface area contributed by atoms with Crippen molar-refractivity contribution in [1.29, 1.82) is 0 Å². The summed E-state index contributed by atoms with van der Waals surface area (Å²) in [4.78, 5) is 0. The lowest BCUT2D eigenvalue weighted by atomic mass is 9.94. The fraction of sp³-hybridized carbons (Fsp3) is 0.333. The third-order valence-electron chi connectivity index (χ3n) is 6.14. The highest BCUT2D eigenvalue weighted by Crippen LogP contribution is 2.31. The van der Waals surface area contributed by atoms with E-state index in [0.29, 0.717) is 32.9 Å². The van der Waals surface area contributed by atoms with Crippen LogP contribution >= 0.6 is 0 Å². The Balaban J connectivity index is 1.35. The highest BCUT2D eigenvalue weighted by Gasteiger charge is 2.47. The lowest BCUT2D eigenvalue weighted by Gasteiger charge is -2.44. The second-order valence-electron chi connectivity index (χ2n) is 8.46. The standard InChI is InChI=1S/C27H29N3O3/c1-4-10-21(11-5-1)18-31-25-17-30-24(16-28-29-30)26(32-19-22-12-6-2-7-13-22)27(25)33-20-23-14-8-3-9-15-23/h1-15,24-27H,16-20H2/t24?,25?,26-,27?/m0/s1. The molecule has 0 bridgehead atoms. The Labute approximate surface area is 194 Å². The van der Waals surface area contributed by atoms with Crippen LogP contribution in [0.25, 0.3) is 0 Å². The van der Waals surface area contributed by atoms with Gasteiger partial charge in [-0.25, -0.2) is 0 Å². The fourth-order valence-electron chi connectivity index (χ4n) is 4.39. The van der Waals surface area contributed by atoms with E-state index < -0.39 is 0 Å². The third kappa shape index (κ3) is 5.47. The van der Waals surface area contributed by atoms with Crippen LogP contribution in [0.2, 0.25) is 0 Å². The quantitative estimate of drug-likeness (QED) is 0.476. The van der Waals surface area contributed by atoms with Crippen molar-refractivity contribution in [2.45, 2.75) is 44.2 Å². The van der Waals surface area contributed by atoms with E-state index in [-0.39, 0.29) is 24.4 Å². The lowest BCUT2D eigenvalue weighted by Crippen LogP contribution is -2.61. The smallest absolute Gasteiger partial charge is 0.114 e. The fourth-order valence-corrected chi connectivity index (χ4v) is 4.39. The van der Waals surface area contributed by atoms with Crippen LogP contribution in [0.1, 0.15) is 16.7 Å². The van der Waals surface area contributed by atoms with Gasteiger partial charge < -0.3 is 14.2 Å². The van der Waals surface area contributed by atoms with Crippen molar-refractivity contribution in [3.8, 4) is 0 Å². The lowest BCUT2D eigenvalue weighted by molar-refractivity contribution is -0.198. The van der Waals surface area contributed by atoms with E-state index in [1.165, 1.54) is 0 Å². The molecule has 3 unspecified atom stereocenters. The van der Waals surface area contributed by atoms with Crippen LogP contribution in [-0.4, -0.2) is 42.5 Å². The maximum Gasteiger partial charge on any atom is 0.114 e. The summed E-state index contributed by atoms with van der Waals surface area (Å²) in [6.45, 7) is 2.76. The van der Waals surface area contributed by atoms with Gasteiger partial charge in [0.15, 0.2) is 0 Å². The number of hydrogen-bond acceptors (Lipinski definition) is 6. The minimum atomic E-state index is -0.234. The summed E-state index contributed by atoms with van der Waals surface area (Å²) in [5.74, 6) is 0. The molecular formula is C27H29N3O3. The molecule has 0 aromatic heterocycles. The second-order valence-corrected chi connectivity index (χ2v) is 8.46. The zero-order valence-electron chi connectivity index (χ0n) is 18.6. The van der Waals surface area contributed by atoms with E-state index in [2.05, 4.69) is 46.7 Å². The van der Waals surface area contributed by atoms with Crippen LogP contribution in [0.5, 0.6) is 0 Å². The number of benzene rings is 3. The highest BCUT2D eigenvalue weighted by atomic mass is 16.6. The Bertz CT molecular complexity index is 1020. The number of fused-ring (bicyclic) bond motifs is 1. The van der Waals surface area contributed by atoms with Gasteiger partial charge in [-0.05, 0) is 16.7 Å². The first-order chi connectivity index (χ1) is 16.4. The molecule has 0 amide bonds. The third-order valence-corrected chi connectivity index (χ3v) is 6.14. The summed E-state index contributed by atoms with van der Waals surface area (Å²) in [5.41, 5.74) is 3.39. The summed E-state index contributed by atoms with van der Waals surface area (Å²) in [7, 11) is 0. The molecule has 0 saturated carbocycles. The molecule has 0 aliphatic carbocycles. The number of hydrogen-bond donors (Lipinski definition) is 0. The van der Waals surface area contributed by atoms with Crippen LogP contribution in [0.3, 0.4) is 0 Å². The van der Waals surface area contributed by atoms with Gasteiger partial charge in [0.1, 0.15) is 18.3 Å². The SMILES string of the molecule is c1ccc(COC2CN3N=NCC3[C@H](OCc3ccccc3)C2OCc2ccccc2)cc1. The molecule has 3 aromatic rings. The second kappa shape index (κ2) is 10.7. The van der Waals surface area contributed by atoms with Crippen LogP contribution < -0.4 is 0 Å². The Hall–Kier alpha value is -3.06. The normalized spacial score (nSPS) is 24.1. The first-order valence-electron chi connectivity index (χ1n) is 11.5. The molecule has 2 aliphatic heterocycles. The van der Waals surface area contributed by atoms with Crippen molar-refractivity contribution in [2.24, 2.45) is 10.3 Å². The van der Waals surface area contributed by atoms with Gasteiger partial charge in [-0.15, -0.1) is 0 Å². The first kappa shape index (κ1) is 21.8. The van der Waals surface area contributed by atoms with Gasteiger partial charge in [0.2, 0.25) is 0 Å². The first-order valence-corrected chi connectivity index (χ1v) is 11.5. The summed E-state index contributed by atoms with van der Waals surface area (Å²) in [6, 6.07) is 30.7. The molecule has 0 spiro atoms. The van der Waals surface area contributed by atoms with Gasteiger partial charge >= 0.3 is 0 Å². The highest BCUT2D eigenvalue weighted by molar-refractivity contribution is 5.16. The molecule has 6 nitrogen and oxygen atoms in total. The average Bonchev–Trinajstić information content (AvgIpc) is 3.35. The van der Waals surface area contributed by atoms with Crippen LogP contribution in [0.15, 0.2) is 101 Å². The summed E-state index contributed by atoms with van der Waals surface area (Å²) < 4.78 is 19.4. The molecule has 3 aromatic carbocycles. The molecule has 2 aliphatic rings. The zero-order chi connectivity index (χ0) is 22.3. The monoisotopic (exact) mass is 443 g/mol. The number of piperidine rings is 1. The Morgan fingerprint density at radius 3 is 1.67 bits per heavy atom. The predicted octanol–water partition coefficient (Wildman–Crippen LogP) is 4.81.